The number of ether oxygens (including phenoxy) is 3. The van der Waals surface area contributed by atoms with E-state index in [1.54, 1.807) is 13.2 Å². The molecule has 3 aliphatic heterocycles. The van der Waals surface area contributed by atoms with Crippen molar-refractivity contribution in [2.75, 3.05) is 43.8 Å². The number of anilines is 2. The van der Waals surface area contributed by atoms with Crippen molar-refractivity contribution in [2.45, 2.75) is 37.4 Å². The lowest BCUT2D eigenvalue weighted by Crippen LogP contribution is -2.51. The second-order valence-corrected chi connectivity index (χ2v) is 9.78. The van der Waals surface area contributed by atoms with Crippen LogP contribution < -0.4 is 20.3 Å². The molecule has 2 atom stereocenters. The van der Waals surface area contributed by atoms with Gasteiger partial charge in [0.2, 0.25) is 5.88 Å². The molecule has 0 radical (unpaired) electrons. The number of aromatic nitrogens is 3. The van der Waals surface area contributed by atoms with Gasteiger partial charge in [0.1, 0.15) is 5.69 Å². The summed E-state index contributed by atoms with van der Waals surface area (Å²) in [7, 11) is 1.58. The van der Waals surface area contributed by atoms with Gasteiger partial charge in [-0.15, -0.1) is 0 Å². The Labute approximate surface area is 205 Å². The number of amides is 2. The molecule has 184 valence electrons. The van der Waals surface area contributed by atoms with E-state index in [1.165, 1.54) is 11.3 Å². The second-order valence-electron chi connectivity index (χ2n) is 8.75. The second kappa shape index (κ2) is 9.44. The number of carbonyl (C=O) groups is 1. The smallest absolute Gasteiger partial charge is 0.321 e. The van der Waals surface area contributed by atoms with Gasteiger partial charge < -0.3 is 29.0 Å². The molecule has 2 saturated heterocycles. The lowest BCUT2D eigenvalue weighted by Gasteiger charge is -2.44. The summed E-state index contributed by atoms with van der Waals surface area (Å²) >= 11 is 1.48. The number of carbonyl (C=O) groups excluding carboxylic acids is 1. The van der Waals surface area contributed by atoms with Crippen LogP contribution in [0.3, 0.4) is 0 Å². The van der Waals surface area contributed by atoms with Gasteiger partial charge >= 0.3 is 6.03 Å². The Bertz CT molecular complexity index is 1210. The van der Waals surface area contributed by atoms with Gasteiger partial charge in [-0.25, -0.2) is 14.8 Å². The van der Waals surface area contributed by atoms with E-state index in [4.69, 9.17) is 23.7 Å². The number of nitrogens with one attached hydrogen (secondary N) is 2. The van der Waals surface area contributed by atoms with Gasteiger partial charge in [0.15, 0.2) is 16.7 Å². The third kappa shape index (κ3) is 4.44. The lowest BCUT2D eigenvalue weighted by molar-refractivity contribution is 0.0601. The predicted molar refractivity (Wildman–Crippen MR) is 128 cm³/mol. The molecule has 3 aliphatic rings. The van der Waals surface area contributed by atoms with Gasteiger partial charge in [-0.05, 0) is 18.9 Å². The van der Waals surface area contributed by atoms with Crippen LogP contribution in [0.4, 0.5) is 15.7 Å². The van der Waals surface area contributed by atoms with E-state index in [9.17, 15) is 4.79 Å². The number of nitrogens with zero attached hydrogens (tertiary/aromatic N) is 4. The molecule has 3 aromatic rings. The van der Waals surface area contributed by atoms with E-state index < -0.39 is 0 Å². The summed E-state index contributed by atoms with van der Waals surface area (Å²) in [4.78, 5) is 25.0. The maximum atomic E-state index is 12.5. The van der Waals surface area contributed by atoms with Crippen molar-refractivity contribution < 1.29 is 23.5 Å². The van der Waals surface area contributed by atoms with Gasteiger partial charge in [0.05, 0.1) is 43.0 Å². The standard InChI is InChI=1S/C23H26N6O5S/c1-31-20-4-2-3-15(25-20)18-10-19(28-34-18)29-14-9-16-21(17(29)12-33-11-14)35-23(26-16)27-22(30)24-13-5-7-32-8-6-13/h2-4,10,13-14,17H,5-9,11-12H2,1H3,(H2,24,26,27,30)/t14-,17-/m0/s1. The zero-order valence-corrected chi connectivity index (χ0v) is 20.0. The van der Waals surface area contributed by atoms with Crippen molar-refractivity contribution in [2.24, 2.45) is 0 Å². The molecule has 11 nitrogen and oxygen atoms in total. The number of hydrogen-bond acceptors (Lipinski definition) is 10. The molecule has 2 N–H and O–H groups in total. The molecule has 6 rings (SSSR count). The number of thiazole rings is 1. The Balaban J connectivity index is 1.21. The summed E-state index contributed by atoms with van der Waals surface area (Å²) in [5.74, 6) is 1.81. The minimum absolute atomic E-state index is 0.0553. The average Bonchev–Trinajstić information content (AvgIpc) is 3.51. The van der Waals surface area contributed by atoms with Crippen LogP contribution in [0, 0.1) is 0 Å². The molecule has 0 aromatic carbocycles. The van der Waals surface area contributed by atoms with Crippen molar-refractivity contribution in [1.82, 2.24) is 20.4 Å². The van der Waals surface area contributed by atoms with Gasteiger partial charge in [-0.2, -0.15) is 0 Å². The van der Waals surface area contributed by atoms with Crippen LogP contribution in [0.25, 0.3) is 11.5 Å². The predicted octanol–water partition coefficient (Wildman–Crippen LogP) is 3.00. The summed E-state index contributed by atoms with van der Waals surface area (Å²) in [6.07, 6.45) is 2.34. The molecule has 12 heteroatoms. The maximum absolute atomic E-state index is 12.5. The molecule has 2 amide bonds. The fraction of sp³-hybridized carbons (Fsp3) is 0.478. The van der Waals surface area contributed by atoms with E-state index in [1.807, 2.05) is 18.2 Å². The summed E-state index contributed by atoms with van der Waals surface area (Å²) in [6, 6.07) is 7.32. The first-order valence-electron chi connectivity index (χ1n) is 11.7. The molecule has 35 heavy (non-hydrogen) atoms. The van der Waals surface area contributed by atoms with Gasteiger partial charge in [-0.1, -0.05) is 22.6 Å². The SMILES string of the molecule is COc1cccc(-c2cc(N3[C@@H]4COC[C@H]3c3sc(NC(=O)NC5CCOCC5)nc3C4)no2)n1. The van der Waals surface area contributed by atoms with E-state index in [0.29, 0.717) is 55.3 Å². The van der Waals surface area contributed by atoms with Gasteiger partial charge in [-0.3, -0.25) is 5.32 Å². The molecular formula is C23H26N6O5S. The normalized spacial score (nSPS) is 21.9. The zero-order chi connectivity index (χ0) is 23.8. The van der Waals surface area contributed by atoms with Gasteiger partial charge in [0, 0.05) is 37.8 Å². The summed E-state index contributed by atoms with van der Waals surface area (Å²) < 4.78 is 22.1. The molecule has 0 spiro atoms. The van der Waals surface area contributed by atoms with Crippen LogP contribution >= 0.6 is 11.3 Å². The summed E-state index contributed by atoms with van der Waals surface area (Å²) in [6.45, 7) is 2.43. The van der Waals surface area contributed by atoms with Crippen molar-refractivity contribution in [3.05, 3.63) is 34.8 Å². The lowest BCUT2D eigenvalue weighted by atomic mass is 9.96. The van der Waals surface area contributed by atoms with Crippen molar-refractivity contribution >= 4 is 28.3 Å². The first-order valence-corrected chi connectivity index (χ1v) is 12.5. The van der Waals surface area contributed by atoms with Crippen LogP contribution in [0.1, 0.15) is 29.5 Å². The van der Waals surface area contributed by atoms with Crippen LogP contribution in [0.5, 0.6) is 5.88 Å². The average molecular weight is 499 g/mol. The largest absolute Gasteiger partial charge is 0.481 e. The van der Waals surface area contributed by atoms with E-state index in [0.717, 1.165) is 29.2 Å². The minimum atomic E-state index is -0.231. The molecule has 2 bridgehead atoms. The molecule has 3 aromatic heterocycles. The van der Waals surface area contributed by atoms with Crippen LogP contribution in [-0.2, 0) is 15.9 Å². The van der Waals surface area contributed by atoms with Crippen LogP contribution in [0.15, 0.2) is 28.8 Å². The fourth-order valence-corrected chi connectivity index (χ4v) is 5.89. The first-order chi connectivity index (χ1) is 17.2. The molecule has 0 unspecified atom stereocenters. The third-order valence-corrected chi connectivity index (χ3v) is 7.61. The van der Waals surface area contributed by atoms with Crippen molar-refractivity contribution in [3.8, 4) is 17.3 Å². The van der Waals surface area contributed by atoms with Crippen molar-refractivity contribution in [1.29, 1.82) is 0 Å². The number of fused-ring (bicyclic) bond motifs is 4. The van der Waals surface area contributed by atoms with E-state index in [-0.39, 0.29) is 24.2 Å². The monoisotopic (exact) mass is 498 g/mol. The molecule has 2 fully saturated rings. The molecule has 0 saturated carbocycles. The molecular weight excluding hydrogens is 472 g/mol. The Morgan fingerprint density at radius 3 is 2.94 bits per heavy atom. The number of morpholine rings is 1. The Hall–Kier alpha value is -3.22. The Morgan fingerprint density at radius 2 is 2.09 bits per heavy atom. The molecule has 6 heterocycles. The summed E-state index contributed by atoms with van der Waals surface area (Å²) in [5, 5.41) is 10.9. The van der Waals surface area contributed by atoms with Gasteiger partial charge in [0.25, 0.3) is 0 Å². The van der Waals surface area contributed by atoms with E-state index >= 15 is 0 Å². The fourth-order valence-electron chi connectivity index (χ4n) is 4.82. The van der Waals surface area contributed by atoms with E-state index in [2.05, 4.69) is 25.7 Å². The van der Waals surface area contributed by atoms with Crippen LogP contribution in [-0.4, -0.2) is 66.8 Å². The highest BCUT2D eigenvalue weighted by Crippen LogP contribution is 2.43. The number of methoxy groups -OCH3 is 1. The minimum Gasteiger partial charge on any atom is -0.481 e. The number of pyridine rings is 1. The maximum Gasteiger partial charge on any atom is 0.321 e. The number of hydrogen-bond donors (Lipinski definition) is 2. The third-order valence-electron chi connectivity index (χ3n) is 6.50. The van der Waals surface area contributed by atoms with Crippen LogP contribution in [0.2, 0.25) is 0 Å². The highest BCUT2D eigenvalue weighted by molar-refractivity contribution is 7.16. The number of urea groups is 1. The quantitative estimate of drug-likeness (QED) is 0.546. The first kappa shape index (κ1) is 22.3. The zero-order valence-electron chi connectivity index (χ0n) is 19.2. The van der Waals surface area contributed by atoms with Crippen molar-refractivity contribution in [3.63, 3.8) is 0 Å². The summed E-state index contributed by atoms with van der Waals surface area (Å²) in [5.41, 5.74) is 1.66. The Morgan fingerprint density at radius 1 is 1.20 bits per heavy atom. The highest BCUT2D eigenvalue weighted by atomic mass is 32.1. The molecule has 0 aliphatic carbocycles. The topological polar surface area (TPSA) is 124 Å². The number of rotatable bonds is 5. The highest BCUT2D eigenvalue weighted by Gasteiger charge is 2.42. The Kier molecular flexibility index (Phi) is 6.00.